The van der Waals surface area contributed by atoms with Gasteiger partial charge < -0.3 is 14.5 Å². The molecule has 2 heterocycles. The highest BCUT2D eigenvalue weighted by atomic mass is 32.2. The molecular weight excluding hydrogens is 276 g/mol. The summed E-state index contributed by atoms with van der Waals surface area (Å²) in [5, 5.41) is 0. The number of benzene rings is 1. The van der Waals surface area contributed by atoms with Crippen LogP contribution in [0, 0.1) is 0 Å². The Morgan fingerprint density at radius 2 is 2.00 bits per heavy atom. The number of fused-ring (bicyclic) bond motifs is 1. The Balaban J connectivity index is 2.10. The molecule has 0 bridgehead atoms. The number of H-pyrrole nitrogens is 1. The third-order valence-electron chi connectivity index (χ3n) is 3.24. The van der Waals surface area contributed by atoms with E-state index in [1.54, 1.807) is 32.0 Å². The van der Waals surface area contributed by atoms with Gasteiger partial charge in [-0.2, -0.15) is 11.8 Å². The maximum Gasteiger partial charge on any atom is 0.255 e. The molecule has 1 aromatic carbocycles. The number of nitrogens with one attached hydrogen (secondary N) is 1. The lowest BCUT2D eigenvalue weighted by Gasteiger charge is -2.09. The third-order valence-corrected chi connectivity index (χ3v) is 4.21. The first-order valence-corrected chi connectivity index (χ1v) is 7.30. The van der Waals surface area contributed by atoms with E-state index in [0.29, 0.717) is 17.3 Å². The van der Waals surface area contributed by atoms with Gasteiger partial charge in [-0.05, 0) is 18.2 Å². The van der Waals surface area contributed by atoms with Crippen LogP contribution in [0.25, 0.3) is 11.4 Å². The van der Waals surface area contributed by atoms with E-state index in [2.05, 4.69) is 9.97 Å². The molecule has 3 rings (SSSR count). The second-order valence-corrected chi connectivity index (χ2v) is 5.39. The fourth-order valence-corrected chi connectivity index (χ4v) is 3.22. The molecule has 0 radical (unpaired) electrons. The van der Waals surface area contributed by atoms with Crippen molar-refractivity contribution in [3.05, 3.63) is 39.8 Å². The maximum absolute atomic E-state index is 12.0. The maximum atomic E-state index is 12.0. The molecule has 0 saturated heterocycles. The lowest BCUT2D eigenvalue weighted by molar-refractivity contribution is 0.355. The fourth-order valence-electron chi connectivity index (χ4n) is 2.18. The summed E-state index contributed by atoms with van der Waals surface area (Å²) in [6.45, 7) is 0. The van der Waals surface area contributed by atoms with E-state index in [1.807, 2.05) is 12.1 Å². The summed E-state index contributed by atoms with van der Waals surface area (Å²) < 4.78 is 10.5. The van der Waals surface area contributed by atoms with E-state index >= 15 is 0 Å². The molecule has 104 valence electrons. The average molecular weight is 290 g/mol. The van der Waals surface area contributed by atoms with Crippen molar-refractivity contribution >= 4 is 11.8 Å². The number of hydrogen-bond acceptors (Lipinski definition) is 5. The Bertz CT molecular complexity index is 712. The lowest BCUT2D eigenvalue weighted by Crippen LogP contribution is -2.15. The molecule has 5 nitrogen and oxygen atoms in total. The number of aromatic amines is 1. The SMILES string of the molecule is COc1ccc(-c2nc3c(c(=O)[nH]2)CSC3)cc1OC. The molecule has 0 spiro atoms. The fraction of sp³-hybridized carbons (Fsp3) is 0.286. The van der Waals surface area contributed by atoms with Crippen LogP contribution in [0.1, 0.15) is 11.3 Å². The quantitative estimate of drug-likeness (QED) is 0.939. The van der Waals surface area contributed by atoms with Gasteiger partial charge in [0, 0.05) is 22.6 Å². The molecule has 0 unspecified atom stereocenters. The van der Waals surface area contributed by atoms with E-state index in [0.717, 1.165) is 28.3 Å². The van der Waals surface area contributed by atoms with Crippen LogP contribution in [-0.4, -0.2) is 24.2 Å². The van der Waals surface area contributed by atoms with Crippen molar-refractivity contribution in [3.63, 3.8) is 0 Å². The minimum atomic E-state index is -0.0511. The summed E-state index contributed by atoms with van der Waals surface area (Å²) in [4.78, 5) is 19.4. The molecule has 0 aliphatic carbocycles. The molecule has 1 aliphatic rings. The number of hydrogen-bond donors (Lipinski definition) is 1. The number of methoxy groups -OCH3 is 2. The third kappa shape index (κ3) is 2.16. The van der Waals surface area contributed by atoms with Gasteiger partial charge in [0.2, 0.25) is 0 Å². The van der Waals surface area contributed by atoms with Gasteiger partial charge in [-0.15, -0.1) is 0 Å². The van der Waals surface area contributed by atoms with Gasteiger partial charge in [0.15, 0.2) is 11.5 Å². The molecule has 1 aromatic heterocycles. The zero-order valence-corrected chi connectivity index (χ0v) is 12.0. The summed E-state index contributed by atoms with van der Waals surface area (Å²) in [7, 11) is 3.17. The van der Waals surface area contributed by atoms with Crippen molar-refractivity contribution in [2.75, 3.05) is 14.2 Å². The summed E-state index contributed by atoms with van der Waals surface area (Å²) in [6.07, 6.45) is 0. The van der Waals surface area contributed by atoms with Crippen LogP contribution in [-0.2, 0) is 11.5 Å². The Hall–Kier alpha value is -1.95. The number of thioether (sulfide) groups is 1. The van der Waals surface area contributed by atoms with Crippen LogP contribution in [0.5, 0.6) is 11.5 Å². The largest absolute Gasteiger partial charge is 0.493 e. The van der Waals surface area contributed by atoms with Crippen molar-refractivity contribution in [2.24, 2.45) is 0 Å². The summed E-state index contributed by atoms with van der Waals surface area (Å²) in [5.41, 5.74) is 2.42. The van der Waals surface area contributed by atoms with Gasteiger partial charge in [0.05, 0.1) is 19.9 Å². The Morgan fingerprint density at radius 3 is 2.75 bits per heavy atom. The minimum absolute atomic E-state index is 0.0511. The van der Waals surface area contributed by atoms with Crippen LogP contribution in [0.4, 0.5) is 0 Å². The van der Waals surface area contributed by atoms with E-state index in [-0.39, 0.29) is 5.56 Å². The van der Waals surface area contributed by atoms with E-state index in [9.17, 15) is 4.79 Å². The molecular formula is C14H14N2O3S. The zero-order chi connectivity index (χ0) is 14.1. The predicted octanol–water partition coefficient (Wildman–Crippen LogP) is 2.20. The monoisotopic (exact) mass is 290 g/mol. The second-order valence-electron chi connectivity index (χ2n) is 4.40. The molecule has 0 saturated carbocycles. The van der Waals surface area contributed by atoms with Crippen LogP contribution in [0.2, 0.25) is 0 Å². The van der Waals surface area contributed by atoms with E-state index < -0.39 is 0 Å². The standard InChI is InChI=1S/C14H14N2O3S/c1-18-11-4-3-8(5-12(11)19-2)13-15-10-7-20-6-9(10)14(17)16-13/h3-5H,6-7H2,1-2H3,(H,15,16,17). The van der Waals surface area contributed by atoms with Crippen LogP contribution in [0.15, 0.2) is 23.0 Å². The second kappa shape index (κ2) is 5.20. The highest BCUT2D eigenvalue weighted by Crippen LogP contribution is 2.32. The molecule has 6 heteroatoms. The van der Waals surface area contributed by atoms with Gasteiger partial charge in [-0.1, -0.05) is 0 Å². The number of nitrogens with zero attached hydrogens (tertiary/aromatic N) is 1. The minimum Gasteiger partial charge on any atom is -0.493 e. The van der Waals surface area contributed by atoms with Gasteiger partial charge in [0.25, 0.3) is 5.56 Å². The number of rotatable bonds is 3. The molecule has 2 aromatic rings. The molecule has 1 N–H and O–H groups in total. The van der Waals surface area contributed by atoms with Crippen molar-refractivity contribution in [1.82, 2.24) is 9.97 Å². The van der Waals surface area contributed by atoms with Gasteiger partial charge >= 0.3 is 0 Å². The Kier molecular flexibility index (Phi) is 3.40. The molecule has 20 heavy (non-hydrogen) atoms. The smallest absolute Gasteiger partial charge is 0.255 e. The van der Waals surface area contributed by atoms with Gasteiger partial charge in [-0.25, -0.2) is 4.98 Å². The molecule has 0 atom stereocenters. The van der Waals surface area contributed by atoms with Crippen molar-refractivity contribution in [2.45, 2.75) is 11.5 Å². The zero-order valence-electron chi connectivity index (χ0n) is 11.2. The Labute approximate surface area is 120 Å². The molecule has 1 aliphatic heterocycles. The van der Waals surface area contributed by atoms with E-state index in [4.69, 9.17) is 9.47 Å². The van der Waals surface area contributed by atoms with Gasteiger partial charge in [-0.3, -0.25) is 4.79 Å². The normalized spacial score (nSPS) is 13.1. The predicted molar refractivity (Wildman–Crippen MR) is 78.4 cm³/mol. The summed E-state index contributed by atoms with van der Waals surface area (Å²) in [6, 6.07) is 5.47. The topological polar surface area (TPSA) is 64.2 Å². The number of ether oxygens (including phenoxy) is 2. The van der Waals surface area contributed by atoms with Crippen LogP contribution in [0.3, 0.4) is 0 Å². The highest BCUT2D eigenvalue weighted by molar-refractivity contribution is 7.98. The molecule has 0 fully saturated rings. The first-order valence-electron chi connectivity index (χ1n) is 6.15. The lowest BCUT2D eigenvalue weighted by atomic mass is 10.1. The number of aromatic nitrogens is 2. The van der Waals surface area contributed by atoms with E-state index in [1.165, 1.54) is 0 Å². The van der Waals surface area contributed by atoms with Crippen LogP contribution < -0.4 is 15.0 Å². The first kappa shape index (κ1) is 13.1. The van der Waals surface area contributed by atoms with Crippen molar-refractivity contribution < 1.29 is 9.47 Å². The summed E-state index contributed by atoms with van der Waals surface area (Å²) >= 11 is 1.71. The average Bonchev–Trinajstić information content (AvgIpc) is 2.95. The highest BCUT2D eigenvalue weighted by Gasteiger charge is 2.18. The van der Waals surface area contributed by atoms with Gasteiger partial charge in [0.1, 0.15) is 5.82 Å². The van der Waals surface area contributed by atoms with Crippen molar-refractivity contribution in [1.29, 1.82) is 0 Å². The molecule has 0 amide bonds. The first-order chi connectivity index (χ1) is 9.72. The van der Waals surface area contributed by atoms with Crippen LogP contribution >= 0.6 is 11.8 Å². The van der Waals surface area contributed by atoms with Crippen molar-refractivity contribution in [3.8, 4) is 22.9 Å². The Morgan fingerprint density at radius 1 is 1.20 bits per heavy atom. The summed E-state index contributed by atoms with van der Waals surface area (Å²) in [5.74, 6) is 3.36.